The summed E-state index contributed by atoms with van der Waals surface area (Å²) in [5, 5.41) is 7.77. The van der Waals surface area contributed by atoms with Crippen molar-refractivity contribution >= 4 is 21.2 Å². The van der Waals surface area contributed by atoms with Gasteiger partial charge in [-0.25, -0.2) is 17.9 Å². The van der Waals surface area contributed by atoms with Gasteiger partial charge in [0.15, 0.2) is 15.5 Å². The SMILES string of the molecule is C[C@@H]1CNC[C@H](C)N1c1ccc(-c2cnc3c(-c4cccc(S(=O)(=O)C5CC5)c4)cnn3c2)cc1. The molecule has 0 unspecified atom stereocenters. The van der Waals surface area contributed by atoms with Crippen molar-refractivity contribution < 1.29 is 8.42 Å². The van der Waals surface area contributed by atoms with Gasteiger partial charge in [0.05, 0.1) is 16.3 Å². The molecule has 7 nitrogen and oxygen atoms in total. The normalized spacial score (nSPS) is 20.9. The average Bonchev–Trinajstić information content (AvgIpc) is 3.65. The van der Waals surface area contributed by atoms with Crippen LogP contribution in [0, 0.1) is 0 Å². The smallest absolute Gasteiger partial charge is 0.181 e. The predicted octanol–water partition coefficient (Wildman–Crippen LogP) is 4.19. The number of fused-ring (bicyclic) bond motifs is 1. The Morgan fingerprint density at radius 1 is 0.914 bits per heavy atom. The van der Waals surface area contributed by atoms with Gasteiger partial charge in [-0.15, -0.1) is 0 Å². The fourth-order valence-corrected chi connectivity index (χ4v) is 6.81. The van der Waals surface area contributed by atoms with E-state index in [2.05, 4.69) is 53.4 Å². The van der Waals surface area contributed by atoms with Crippen molar-refractivity contribution in [1.29, 1.82) is 0 Å². The van der Waals surface area contributed by atoms with Gasteiger partial charge in [-0.1, -0.05) is 24.3 Å². The van der Waals surface area contributed by atoms with Crippen LogP contribution in [-0.2, 0) is 9.84 Å². The summed E-state index contributed by atoms with van der Waals surface area (Å²) in [5.74, 6) is 0. The van der Waals surface area contributed by atoms with Crippen molar-refractivity contribution in [1.82, 2.24) is 19.9 Å². The van der Waals surface area contributed by atoms with Gasteiger partial charge in [-0.05, 0) is 62.1 Å². The summed E-state index contributed by atoms with van der Waals surface area (Å²) < 4.78 is 27.2. The molecule has 1 N–H and O–H groups in total. The van der Waals surface area contributed by atoms with Gasteiger partial charge >= 0.3 is 0 Å². The summed E-state index contributed by atoms with van der Waals surface area (Å²) >= 11 is 0. The first-order valence-electron chi connectivity index (χ1n) is 12.2. The Balaban J connectivity index is 1.30. The lowest BCUT2D eigenvalue weighted by molar-refractivity contribution is 0.432. The molecule has 2 aliphatic rings. The number of piperazine rings is 1. The van der Waals surface area contributed by atoms with Crippen LogP contribution in [0.25, 0.3) is 27.9 Å². The molecule has 4 aromatic rings. The number of nitrogens with zero attached hydrogens (tertiary/aromatic N) is 4. The third-order valence-corrected chi connectivity index (χ3v) is 9.38. The zero-order chi connectivity index (χ0) is 24.2. The maximum atomic E-state index is 12.7. The number of rotatable bonds is 5. The van der Waals surface area contributed by atoms with Crippen molar-refractivity contribution in [3.05, 3.63) is 67.1 Å². The highest BCUT2D eigenvalue weighted by molar-refractivity contribution is 7.92. The summed E-state index contributed by atoms with van der Waals surface area (Å²) in [4.78, 5) is 7.55. The summed E-state index contributed by atoms with van der Waals surface area (Å²) in [6.45, 7) is 6.48. The van der Waals surface area contributed by atoms with Crippen LogP contribution in [0.1, 0.15) is 26.7 Å². The highest BCUT2D eigenvalue weighted by Crippen LogP contribution is 2.35. The zero-order valence-corrected chi connectivity index (χ0v) is 20.7. The van der Waals surface area contributed by atoms with Crippen LogP contribution < -0.4 is 10.2 Å². The molecule has 1 aliphatic carbocycles. The summed E-state index contributed by atoms with van der Waals surface area (Å²) in [6.07, 6.45) is 7.09. The van der Waals surface area contributed by atoms with E-state index in [1.807, 2.05) is 18.5 Å². The van der Waals surface area contributed by atoms with Crippen molar-refractivity contribution in [2.24, 2.45) is 0 Å². The summed E-state index contributed by atoms with van der Waals surface area (Å²) in [6, 6.07) is 16.7. The van der Waals surface area contributed by atoms with Gasteiger partial charge < -0.3 is 10.2 Å². The van der Waals surface area contributed by atoms with E-state index in [4.69, 9.17) is 4.98 Å². The first-order valence-corrected chi connectivity index (χ1v) is 13.7. The second-order valence-electron chi connectivity index (χ2n) is 9.75. The Morgan fingerprint density at radius 3 is 2.37 bits per heavy atom. The molecule has 0 amide bonds. The molecule has 2 atom stereocenters. The van der Waals surface area contributed by atoms with Crippen LogP contribution in [0.3, 0.4) is 0 Å². The fraction of sp³-hybridized carbons (Fsp3) is 0.333. The molecule has 1 saturated carbocycles. The molecule has 2 fully saturated rings. The van der Waals surface area contributed by atoms with Crippen LogP contribution >= 0.6 is 0 Å². The Morgan fingerprint density at radius 2 is 1.66 bits per heavy atom. The average molecular weight is 488 g/mol. The van der Waals surface area contributed by atoms with E-state index in [1.54, 1.807) is 28.9 Å². The second kappa shape index (κ2) is 8.46. The minimum absolute atomic E-state index is 0.230. The van der Waals surface area contributed by atoms with E-state index < -0.39 is 9.84 Å². The Bertz CT molecular complexity index is 1480. The third kappa shape index (κ3) is 4.00. The molecular weight excluding hydrogens is 458 g/mol. The van der Waals surface area contributed by atoms with Gasteiger partial charge in [0.2, 0.25) is 0 Å². The molecule has 3 heterocycles. The highest BCUT2D eigenvalue weighted by Gasteiger charge is 2.37. The molecular formula is C27H29N5O2S. The zero-order valence-electron chi connectivity index (χ0n) is 19.9. The second-order valence-corrected chi connectivity index (χ2v) is 12.0. The monoisotopic (exact) mass is 487 g/mol. The lowest BCUT2D eigenvalue weighted by Gasteiger charge is -2.41. The number of nitrogens with one attached hydrogen (secondary N) is 1. The van der Waals surface area contributed by atoms with Crippen molar-refractivity contribution in [3.8, 4) is 22.3 Å². The van der Waals surface area contributed by atoms with E-state index in [0.717, 1.165) is 48.2 Å². The van der Waals surface area contributed by atoms with Crippen LogP contribution in [0.2, 0.25) is 0 Å². The molecule has 6 rings (SSSR count). The highest BCUT2D eigenvalue weighted by atomic mass is 32.2. The van der Waals surface area contributed by atoms with Crippen LogP contribution in [0.4, 0.5) is 5.69 Å². The van der Waals surface area contributed by atoms with Crippen LogP contribution in [0.5, 0.6) is 0 Å². The Kier molecular flexibility index (Phi) is 5.38. The number of hydrogen-bond donors (Lipinski definition) is 1. The van der Waals surface area contributed by atoms with E-state index in [1.165, 1.54) is 5.69 Å². The largest absolute Gasteiger partial charge is 0.364 e. The molecule has 35 heavy (non-hydrogen) atoms. The summed E-state index contributed by atoms with van der Waals surface area (Å²) in [7, 11) is -3.25. The van der Waals surface area contributed by atoms with Gasteiger partial charge in [0.25, 0.3) is 0 Å². The molecule has 8 heteroatoms. The molecule has 1 saturated heterocycles. The van der Waals surface area contributed by atoms with Crippen molar-refractivity contribution in [2.75, 3.05) is 18.0 Å². The third-order valence-electron chi connectivity index (χ3n) is 7.12. The molecule has 2 aromatic heterocycles. The van der Waals surface area contributed by atoms with E-state index in [0.29, 0.717) is 22.6 Å². The maximum Gasteiger partial charge on any atom is 0.181 e. The lowest BCUT2D eigenvalue weighted by atomic mass is 10.0. The molecule has 2 aromatic carbocycles. The van der Waals surface area contributed by atoms with Crippen molar-refractivity contribution in [3.63, 3.8) is 0 Å². The van der Waals surface area contributed by atoms with E-state index >= 15 is 0 Å². The summed E-state index contributed by atoms with van der Waals surface area (Å²) in [5.41, 5.74) is 5.62. The minimum Gasteiger partial charge on any atom is -0.364 e. The Hall–Kier alpha value is -3.23. The number of sulfone groups is 1. The quantitative estimate of drug-likeness (QED) is 0.455. The van der Waals surface area contributed by atoms with Crippen molar-refractivity contribution in [2.45, 2.75) is 48.9 Å². The predicted molar refractivity (Wildman–Crippen MR) is 138 cm³/mol. The van der Waals surface area contributed by atoms with Gasteiger partial charge in [0, 0.05) is 54.4 Å². The lowest BCUT2D eigenvalue weighted by Crippen LogP contribution is -2.55. The standard InChI is InChI=1S/C27H29N5O2S/c1-18-13-28-14-19(2)32(18)23-8-6-20(7-9-23)22-15-29-27-26(16-30-31(27)17-22)21-4-3-5-25(12-21)35(33,34)24-10-11-24/h3-9,12,15-19,24,28H,10-11,13-14H2,1-2H3/t18-,19+. The molecule has 0 bridgehead atoms. The number of hydrogen-bond acceptors (Lipinski definition) is 6. The molecule has 0 spiro atoms. The maximum absolute atomic E-state index is 12.7. The van der Waals surface area contributed by atoms with Gasteiger partial charge in [0.1, 0.15) is 0 Å². The Labute approximate surface area is 205 Å². The fourth-order valence-electron chi connectivity index (χ4n) is 5.11. The molecule has 180 valence electrons. The minimum atomic E-state index is -3.25. The van der Waals surface area contributed by atoms with E-state index in [9.17, 15) is 8.42 Å². The number of anilines is 1. The number of aromatic nitrogens is 3. The first-order chi connectivity index (χ1) is 16.9. The van der Waals surface area contributed by atoms with E-state index in [-0.39, 0.29) is 5.25 Å². The van der Waals surface area contributed by atoms with Gasteiger partial charge in [-0.2, -0.15) is 5.10 Å². The van der Waals surface area contributed by atoms with Gasteiger partial charge in [-0.3, -0.25) is 0 Å². The number of benzene rings is 2. The van der Waals surface area contributed by atoms with Crippen LogP contribution in [-0.4, -0.2) is 53.4 Å². The molecule has 1 aliphatic heterocycles. The molecule has 0 radical (unpaired) electrons. The topological polar surface area (TPSA) is 79.6 Å². The first kappa shape index (κ1) is 22.2. The van der Waals surface area contributed by atoms with Crippen LogP contribution in [0.15, 0.2) is 72.0 Å².